The molecule has 0 aliphatic carbocycles. The van der Waals surface area contributed by atoms with Crippen molar-refractivity contribution in [2.45, 2.75) is 25.2 Å². The summed E-state index contributed by atoms with van der Waals surface area (Å²) in [5, 5.41) is 11.3. The second-order valence-electron chi connectivity index (χ2n) is 9.56. The summed E-state index contributed by atoms with van der Waals surface area (Å²) in [6.07, 6.45) is 7.02. The zero-order chi connectivity index (χ0) is 22.9. The maximum absolute atomic E-state index is 10.2. The second kappa shape index (κ2) is 9.11. The Morgan fingerprint density at radius 1 is 0.941 bits per heavy atom. The summed E-state index contributed by atoms with van der Waals surface area (Å²) < 4.78 is 0. The number of aliphatic hydroxyl groups excluding tert-OH is 1. The molecule has 0 radical (unpaired) electrons. The number of hydrogen-bond donors (Lipinski definition) is 2. The van der Waals surface area contributed by atoms with Crippen molar-refractivity contribution in [2.24, 2.45) is 5.92 Å². The number of rotatable bonds is 5. The molecule has 174 valence electrons. The fourth-order valence-electron chi connectivity index (χ4n) is 5.79. The van der Waals surface area contributed by atoms with Crippen LogP contribution in [0.5, 0.6) is 0 Å². The third-order valence-electron chi connectivity index (χ3n) is 7.60. The Hall–Kier alpha value is -3.38. The van der Waals surface area contributed by atoms with Gasteiger partial charge in [-0.3, -0.25) is 0 Å². The number of hydrogen-bond acceptors (Lipinski definition) is 5. The third-order valence-corrected chi connectivity index (χ3v) is 7.60. The third kappa shape index (κ3) is 3.82. The highest BCUT2D eigenvalue weighted by atomic mass is 16.3. The summed E-state index contributed by atoms with van der Waals surface area (Å²) in [6.45, 7) is 4.19. The number of fused-ring (bicyclic) bond motifs is 1. The van der Waals surface area contributed by atoms with Crippen molar-refractivity contribution in [3.05, 3.63) is 72.7 Å². The van der Waals surface area contributed by atoms with Gasteiger partial charge in [0.1, 0.15) is 17.8 Å². The van der Waals surface area contributed by atoms with Gasteiger partial charge in [-0.15, -0.1) is 0 Å². The molecule has 2 fully saturated rings. The Labute approximate surface area is 200 Å². The molecular weight excluding hydrogens is 422 g/mol. The van der Waals surface area contributed by atoms with E-state index < -0.39 is 0 Å². The van der Waals surface area contributed by atoms with Crippen molar-refractivity contribution in [1.29, 1.82) is 0 Å². The summed E-state index contributed by atoms with van der Waals surface area (Å²) in [7, 11) is 0. The zero-order valence-electron chi connectivity index (χ0n) is 19.4. The molecule has 0 unspecified atom stereocenters. The minimum absolute atomic E-state index is 0.205. The molecule has 6 rings (SSSR count). The number of benzene rings is 2. The molecule has 2 N–H and O–H groups in total. The number of aromatic amines is 1. The molecule has 0 spiro atoms. The largest absolute Gasteiger partial charge is 0.396 e. The van der Waals surface area contributed by atoms with Crippen LogP contribution < -0.4 is 9.80 Å². The van der Waals surface area contributed by atoms with Crippen LogP contribution >= 0.6 is 0 Å². The molecule has 2 aromatic carbocycles. The summed E-state index contributed by atoms with van der Waals surface area (Å²) in [6, 6.07) is 19.8. The molecule has 6 heteroatoms. The van der Waals surface area contributed by atoms with Crippen LogP contribution in [-0.2, 0) is 0 Å². The molecule has 6 nitrogen and oxygen atoms in total. The van der Waals surface area contributed by atoms with Gasteiger partial charge in [-0.1, -0.05) is 42.5 Å². The summed E-state index contributed by atoms with van der Waals surface area (Å²) in [4.78, 5) is 17.0. The number of H-pyrrole nitrogens is 1. The van der Waals surface area contributed by atoms with Crippen LogP contribution in [0.25, 0.3) is 22.2 Å². The van der Waals surface area contributed by atoms with E-state index in [1.165, 1.54) is 35.2 Å². The monoisotopic (exact) mass is 453 g/mol. The minimum Gasteiger partial charge on any atom is -0.396 e. The van der Waals surface area contributed by atoms with Crippen molar-refractivity contribution >= 4 is 22.5 Å². The van der Waals surface area contributed by atoms with Gasteiger partial charge < -0.3 is 19.9 Å². The predicted molar refractivity (Wildman–Crippen MR) is 137 cm³/mol. The van der Waals surface area contributed by atoms with Crippen LogP contribution in [0.4, 0.5) is 11.5 Å². The van der Waals surface area contributed by atoms with Crippen molar-refractivity contribution in [3.8, 4) is 11.1 Å². The average Bonchev–Trinajstić information content (AvgIpc) is 3.61. The molecule has 4 aromatic rings. The average molecular weight is 454 g/mol. The quantitative estimate of drug-likeness (QED) is 0.453. The first-order valence-electron chi connectivity index (χ1n) is 12.4. The van der Waals surface area contributed by atoms with Crippen molar-refractivity contribution in [2.75, 3.05) is 42.6 Å². The fourth-order valence-corrected chi connectivity index (χ4v) is 5.79. The van der Waals surface area contributed by atoms with Gasteiger partial charge in [0.25, 0.3) is 0 Å². The van der Waals surface area contributed by atoms with Crippen LogP contribution in [-0.4, -0.2) is 52.8 Å². The Morgan fingerprint density at radius 3 is 2.71 bits per heavy atom. The number of aromatic nitrogens is 3. The van der Waals surface area contributed by atoms with Gasteiger partial charge in [-0.25, -0.2) is 9.97 Å². The van der Waals surface area contributed by atoms with Crippen molar-refractivity contribution < 1.29 is 5.11 Å². The second-order valence-corrected chi connectivity index (χ2v) is 9.56. The summed E-state index contributed by atoms with van der Waals surface area (Å²) in [5.41, 5.74) is 6.04. The van der Waals surface area contributed by atoms with E-state index in [4.69, 9.17) is 0 Å². The summed E-state index contributed by atoms with van der Waals surface area (Å²) in [5.74, 6) is 1.45. The van der Waals surface area contributed by atoms with Crippen LogP contribution in [0.1, 0.15) is 30.7 Å². The molecule has 0 amide bonds. The highest BCUT2D eigenvalue weighted by molar-refractivity contribution is 5.87. The van der Waals surface area contributed by atoms with Crippen LogP contribution in [0.15, 0.2) is 67.1 Å². The van der Waals surface area contributed by atoms with Crippen LogP contribution in [0, 0.1) is 5.92 Å². The number of anilines is 2. The molecule has 34 heavy (non-hydrogen) atoms. The Balaban J connectivity index is 1.34. The summed E-state index contributed by atoms with van der Waals surface area (Å²) >= 11 is 0. The molecule has 2 atom stereocenters. The van der Waals surface area contributed by atoms with E-state index in [1.54, 1.807) is 6.33 Å². The van der Waals surface area contributed by atoms with Gasteiger partial charge in [0.2, 0.25) is 0 Å². The molecular formula is C28H31N5O. The van der Waals surface area contributed by atoms with Gasteiger partial charge in [0.05, 0.1) is 5.39 Å². The van der Waals surface area contributed by atoms with Gasteiger partial charge >= 0.3 is 0 Å². The SMILES string of the molecule is OC[C@@H]1CCN(c2ncnc3[nH]ccc23)C[C@@H]1c1cccc(-c2ccccc2N2CCCC2)c1. The normalized spacial score (nSPS) is 20.9. The minimum atomic E-state index is 0.205. The molecule has 2 aliphatic heterocycles. The lowest BCUT2D eigenvalue weighted by Crippen LogP contribution is -2.41. The standard InChI is InChI=1S/C28H31N5O/c34-18-22-11-15-33(28-24-10-12-29-27(24)30-19-31-28)17-25(22)21-7-5-6-20(16-21)23-8-1-2-9-26(23)32-13-3-4-14-32/h1-2,5-10,12,16,19,22,25,34H,3-4,11,13-15,17-18H2,(H,29,30,31)/t22-,25+/m0/s1. The zero-order valence-corrected chi connectivity index (χ0v) is 19.4. The van der Waals surface area contributed by atoms with Gasteiger partial charge in [-0.2, -0.15) is 0 Å². The Bertz CT molecular complexity index is 1280. The van der Waals surface area contributed by atoms with E-state index in [1.807, 2.05) is 12.3 Å². The first-order valence-corrected chi connectivity index (χ1v) is 12.4. The predicted octanol–water partition coefficient (Wildman–Crippen LogP) is 4.83. The highest BCUT2D eigenvalue weighted by Crippen LogP contribution is 2.38. The van der Waals surface area contributed by atoms with E-state index >= 15 is 0 Å². The number of piperidine rings is 1. The lowest BCUT2D eigenvalue weighted by Gasteiger charge is -2.39. The first kappa shape index (κ1) is 21.2. The molecule has 4 heterocycles. The number of nitrogens with one attached hydrogen (secondary N) is 1. The molecule has 0 saturated carbocycles. The number of para-hydroxylation sites is 1. The van der Waals surface area contributed by atoms with Crippen molar-refractivity contribution in [3.63, 3.8) is 0 Å². The maximum Gasteiger partial charge on any atom is 0.142 e. The van der Waals surface area contributed by atoms with E-state index in [0.717, 1.165) is 49.5 Å². The lowest BCUT2D eigenvalue weighted by molar-refractivity contribution is 0.184. The lowest BCUT2D eigenvalue weighted by atomic mass is 9.80. The maximum atomic E-state index is 10.2. The number of nitrogens with zero attached hydrogens (tertiary/aromatic N) is 4. The van der Waals surface area contributed by atoms with E-state index in [9.17, 15) is 5.11 Å². The van der Waals surface area contributed by atoms with E-state index in [-0.39, 0.29) is 18.4 Å². The van der Waals surface area contributed by atoms with Gasteiger partial charge in [0.15, 0.2) is 0 Å². The molecule has 0 bridgehead atoms. The topological polar surface area (TPSA) is 68.3 Å². The van der Waals surface area contributed by atoms with Gasteiger partial charge in [-0.05, 0) is 48.4 Å². The van der Waals surface area contributed by atoms with Gasteiger partial charge in [0, 0.05) is 56.2 Å². The number of aliphatic hydroxyl groups is 1. The fraction of sp³-hybridized carbons (Fsp3) is 0.357. The first-order chi connectivity index (χ1) is 16.8. The Morgan fingerprint density at radius 2 is 1.82 bits per heavy atom. The molecule has 2 aliphatic rings. The smallest absolute Gasteiger partial charge is 0.142 e. The molecule has 2 saturated heterocycles. The molecule has 2 aromatic heterocycles. The van der Waals surface area contributed by atoms with E-state index in [2.05, 4.69) is 73.3 Å². The van der Waals surface area contributed by atoms with E-state index in [0.29, 0.717) is 0 Å². The highest BCUT2D eigenvalue weighted by Gasteiger charge is 2.31. The van der Waals surface area contributed by atoms with Crippen molar-refractivity contribution in [1.82, 2.24) is 15.0 Å². The Kier molecular flexibility index (Phi) is 5.67. The van der Waals surface area contributed by atoms with Crippen LogP contribution in [0.2, 0.25) is 0 Å². The van der Waals surface area contributed by atoms with Crippen LogP contribution in [0.3, 0.4) is 0 Å².